The molecule has 1 N–H and O–H groups in total. The average molecular weight is 385 g/mol. The number of ether oxygens (including phenoxy) is 1. The van der Waals surface area contributed by atoms with Crippen molar-refractivity contribution in [1.29, 1.82) is 0 Å². The molecule has 2 heterocycles. The lowest BCUT2D eigenvalue weighted by Crippen LogP contribution is -2.37. The maximum Gasteiger partial charge on any atom is 0.227 e. The quantitative estimate of drug-likeness (QED) is 0.879. The van der Waals surface area contributed by atoms with Crippen molar-refractivity contribution >= 4 is 29.1 Å². The van der Waals surface area contributed by atoms with Crippen LogP contribution in [0.4, 0.5) is 5.69 Å². The topological polar surface area (TPSA) is 58.6 Å². The predicted molar refractivity (Wildman–Crippen MR) is 104 cm³/mol. The van der Waals surface area contributed by atoms with Crippen LogP contribution in [0.1, 0.15) is 24.0 Å². The van der Waals surface area contributed by atoms with E-state index in [1.54, 1.807) is 6.07 Å². The molecule has 2 amide bonds. The van der Waals surface area contributed by atoms with Gasteiger partial charge in [0.1, 0.15) is 12.4 Å². The largest absolute Gasteiger partial charge is 0.492 e. The van der Waals surface area contributed by atoms with Gasteiger partial charge in [-0.2, -0.15) is 0 Å². The Morgan fingerprint density at radius 1 is 1.22 bits per heavy atom. The third-order valence-electron chi connectivity index (χ3n) is 5.09. The Morgan fingerprint density at radius 3 is 2.78 bits per heavy atom. The van der Waals surface area contributed by atoms with E-state index in [1.165, 1.54) is 0 Å². The fraction of sp³-hybridized carbons (Fsp3) is 0.333. The van der Waals surface area contributed by atoms with Crippen molar-refractivity contribution in [3.8, 4) is 5.75 Å². The van der Waals surface area contributed by atoms with Gasteiger partial charge in [-0.25, -0.2) is 0 Å². The summed E-state index contributed by atoms with van der Waals surface area (Å²) < 4.78 is 5.69. The van der Waals surface area contributed by atoms with Gasteiger partial charge in [0.25, 0.3) is 0 Å². The van der Waals surface area contributed by atoms with Gasteiger partial charge in [-0.05, 0) is 54.3 Å². The van der Waals surface area contributed by atoms with Crippen molar-refractivity contribution < 1.29 is 14.3 Å². The molecular weight excluding hydrogens is 364 g/mol. The lowest BCUT2D eigenvalue weighted by atomic mass is 9.96. The van der Waals surface area contributed by atoms with Crippen molar-refractivity contribution in [3.63, 3.8) is 0 Å². The number of nitrogens with zero attached hydrogens (tertiary/aromatic N) is 1. The zero-order chi connectivity index (χ0) is 18.8. The second-order valence-corrected chi connectivity index (χ2v) is 7.43. The predicted octanol–water partition coefficient (Wildman–Crippen LogP) is 3.33. The Hall–Kier alpha value is -2.53. The second kappa shape index (κ2) is 7.61. The zero-order valence-corrected chi connectivity index (χ0v) is 15.7. The number of carbonyl (C=O) groups is 2. The van der Waals surface area contributed by atoms with Crippen LogP contribution >= 0.6 is 11.6 Å². The highest BCUT2D eigenvalue weighted by Gasteiger charge is 2.26. The Bertz CT molecular complexity index is 866. The molecule has 0 aliphatic carbocycles. The van der Waals surface area contributed by atoms with Gasteiger partial charge >= 0.3 is 0 Å². The van der Waals surface area contributed by atoms with E-state index < -0.39 is 0 Å². The molecular formula is C21H21ClN2O3. The summed E-state index contributed by atoms with van der Waals surface area (Å²) in [6.45, 7) is 1.60. The fourth-order valence-electron chi connectivity index (χ4n) is 3.58. The molecule has 2 aliphatic heterocycles. The normalized spacial score (nSPS) is 18.8. The van der Waals surface area contributed by atoms with E-state index in [2.05, 4.69) is 5.32 Å². The van der Waals surface area contributed by atoms with Crippen LogP contribution in [0.3, 0.4) is 0 Å². The van der Waals surface area contributed by atoms with Gasteiger partial charge < -0.3 is 15.0 Å². The zero-order valence-electron chi connectivity index (χ0n) is 14.9. The van der Waals surface area contributed by atoms with Gasteiger partial charge in [-0.15, -0.1) is 0 Å². The molecule has 5 nitrogen and oxygen atoms in total. The molecule has 6 heteroatoms. The molecule has 2 aromatic rings. The van der Waals surface area contributed by atoms with Gasteiger partial charge in [0.2, 0.25) is 11.8 Å². The first kappa shape index (κ1) is 17.9. The van der Waals surface area contributed by atoms with E-state index in [-0.39, 0.29) is 17.7 Å². The van der Waals surface area contributed by atoms with E-state index in [9.17, 15) is 9.59 Å². The van der Waals surface area contributed by atoms with Gasteiger partial charge in [-0.1, -0.05) is 23.7 Å². The molecule has 0 spiro atoms. The first-order valence-electron chi connectivity index (χ1n) is 9.18. The SMILES string of the molecule is O=C(NCc1ccc(N2CCCC2=O)cc1)C1COc2ccc(Cl)cc2C1. The van der Waals surface area contributed by atoms with Gasteiger partial charge in [0.05, 0.1) is 5.92 Å². The van der Waals surface area contributed by atoms with Crippen LogP contribution in [0.5, 0.6) is 5.75 Å². The molecule has 1 atom stereocenters. The van der Waals surface area contributed by atoms with Crippen LogP contribution in [-0.2, 0) is 22.6 Å². The van der Waals surface area contributed by atoms with Crippen LogP contribution in [-0.4, -0.2) is 25.0 Å². The van der Waals surface area contributed by atoms with Gasteiger partial charge in [0, 0.05) is 30.2 Å². The van der Waals surface area contributed by atoms with Crippen LogP contribution < -0.4 is 15.0 Å². The third-order valence-corrected chi connectivity index (χ3v) is 5.32. The van der Waals surface area contributed by atoms with Crippen LogP contribution in [0.2, 0.25) is 5.02 Å². The number of anilines is 1. The maximum atomic E-state index is 12.5. The van der Waals surface area contributed by atoms with Crippen molar-refractivity contribution in [1.82, 2.24) is 5.32 Å². The summed E-state index contributed by atoms with van der Waals surface area (Å²) in [5.41, 5.74) is 2.88. The molecule has 0 aromatic heterocycles. The summed E-state index contributed by atoms with van der Waals surface area (Å²) in [6, 6.07) is 13.3. The highest BCUT2D eigenvalue weighted by molar-refractivity contribution is 6.30. The summed E-state index contributed by atoms with van der Waals surface area (Å²) >= 11 is 6.03. The van der Waals surface area contributed by atoms with E-state index in [0.29, 0.717) is 31.0 Å². The van der Waals surface area contributed by atoms with Gasteiger partial charge in [-0.3, -0.25) is 9.59 Å². The number of carbonyl (C=O) groups excluding carboxylic acids is 2. The molecule has 0 saturated carbocycles. The Balaban J connectivity index is 1.33. The molecule has 27 heavy (non-hydrogen) atoms. The molecule has 1 fully saturated rings. The van der Waals surface area contributed by atoms with Crippen molar-refractivity contribution in [2.45, 2.75) is 25.8 Å². The fourth-order valence-corrected chi connectivity index (χ4v) is 3.77. The molecule has 1 unspecified atom stereocenters. The van der Waals surface area contributed by atoms with E-state index in [4.69, 9.17) is 16.3 Å². The molecule has 2 aliphatic rings. The summed E-state index contributed by atoms with van der Waals surface area (Å²) in [6.07, 6.45) is 2.15. The minimum atomic E-state index is -0.225. The molecule has 1 saturated heterocycles. The maximum absolute atomic E-state index is 12.5. The van der Waals surface area contributed by atoms with E-state index in [0.717, 1.165) is 35.5 Å². The number of benzene rings is 2. The minimum Gasteiger partial charge on any atom is -0.492 e. The highest BCUT2D eigenvalue weighted by Crippen LogP contribution is 2.30. The Kier molecular flexibility index (Phi) is 5.03. The van der Waals surface area contributed by atoms with Crippen LogP contribution in [0.15, 0.2) is 42.5 Å². The van der Waals surface area contributed by atoms with Gasteiger partial charge in [0.15, 0.2) is 0 Å². The smallest absolute Gasteiger partial charge is 0.227 e. The first-order chi connectivity index (χ1) is 13.1. The summed E-state index contributed by atoms with van der Waals surface area (Å²) in [4.78, 5) is 26.1. The first-order valence-corrected chi connectivity index (χ1v) is 9.56. The van der Waals surface area contributed by atoms with Crippen molar-refractivity contribution in [3.05, 3.63) is 58.6 Å². The van der Waals surface area contributed by atoms with Crippen LogP contribution in [0, 0.1) is 5.92 Å². The van der Waals surface area contributed by atoms with E-state index >= 15 is 0 Å². The molecule has 0 bridgehead atoms. The minimum absolute atomic E-state index is 0.0283. The number of halogens is 1. The molecule has 4 rings (SSSR count). The second-order valence-electron chi connectivity index (χ2n) is 7.00. The molecule has 2 aromatic carbocycles. The number of amides is 2. The lowest BCUT2D eigenvalue weighted by molar-refractivity contribution is -0.126. The lowest BCUT2D eigenvalue weighted by Gasteiger charge is -2.24. The Labute approximate surface area is 163 Å². The van der Waals surface area contributed by atoms with Crippen LogP contribution in [0.25, 0.3) is 0 Å². The molecule has 140 valence electrons. The standard InChI is InChI=1S/C21H21ClN2O3/c22-17-5-8-19-15(11-17)10-16(13-27-19)21(26)23-12-14-3-6-18(7-4-14)24-9-1-2-20(24)25/h3-8,11,16H,1-2,9-10,12-13H2,(H,23,26). The number of hydrogen-bond donors (Lipinski definition) is 1. The number of hydrogen-bond acceptors (Lipinski definition) is 3. The number of rotatable bonds is 4. The Morgan fingerprint density at radius 2 is 2.04 bits per heavy atom. The summed E-state index contributed by atoms with van der Waals surface area (Å²) in [5, 5.41) is 3.63. The summed E-state index contributed by atoms with van der Waals surface area (Å²) in [7, 11) is 0. The number of nitrogens with one attached hydrogen (secondary N) is 1. The monoisotopic (exact) mass is 384 g/mol. The number of fused-ring (bicyclic) bond motifs is 1. The average Bonchev–Trinajstić information content (AvgIpc) is 3.12. The third kappa shape index (κ3) is 3.93. The highest BCUT2D eigenvalue weighted by atomic mass is 35.5. The summed E-state index contributed by atoms with van der Waals surface area (Å²) in [5.74, 6) is 0.723. The van der Waals surface area contributed by atoms with Crippen molar-refractivity contribution in [2.75, 3.05) is 18.1 Å². The van der Waals surface area contributed by atoms with Crippen molar-refractivity contribution in [2.24, 2.45) is 5.92 Å². The molecule has 0 radical (unpaired) electrons. The van der Waals surface area contributed by atoms with E-state index in [1.807, 2.05) is 41.3 Å².